The fourth-order valence-corrected chi connectivity index (χ4v) is 4.99. The minimum Gasteiger partial charge on any atom is -0.503 e. The Labute approximate surface area is 213 Å². The molecule has 1 aliphatic rings. The van der Waals surface area contributed by atoms with Gasteiger partial charge in [0.25, 0.3) is 5.91 Å². The maximum atomic E-state index is 13.4. The Balaban J connectivity index is 1.81. The lowest BCUT2D eigenvalue weighted by atomic mass is 9.95. The highest BCUT2D eigenvalue weighted by molar-refractivity contribution is 7.17. The predicted molar refractivity (Wildman–Crippen MR) is 139 cm³/mol. The molecule has 2 heterocycles. The van der Waals surface area contributed by atoms with Gasteiger partial charge in [-0.15, -0.1) is 0 Å². The van der Waals surface area contributed by atoms with Gasteiger partial charge in [-0.2, -0.15) is 0 Å². The molecule has 0 saturated carbocycles. The number of carbonyl (C=O) groups excluding carboxylic acids is 3. The summed E-state index contributed by atoms with van der Waals surface area (Å²) in [4.78, 5) is 44.9. The van der Waals surface area contributed by atoms with E-state index in [1.165, 1.54) is 17.9 Å². The highest BCUT2D eigenvalue weighted by Crippen LogP contribution is 2.43. The molecule has 0 saturated heterocycles. The van der Waals surface area contributed by atoms with Crippen LogP contribution < -0.4 is 9.64 Å². The van der Waals surface area contributed by atoms with Crippen molar-refractivity contribution >= 4 is 40.0 Å². The van der Waals surface area contributed by atoms with E-state index in [0.717, 1.165) is 23.3 Å². The normalized spacial score (nSPS) is 15.7. The third-order valence-corrected chi connectivity index (χ3v) is 6.92. The van der Waals surface area contributed by atoms with Gasteiger partial charge in [0.1, 0.15) is 5.75 Å². The van der Waals surface area contributed by atoms with Crippen LogP contribution in [0.4, 0.5) is 5.13 Å². The average Bonchev–Trinajstić information content (AvgIpc) is 3.39. The van der Waals surface area contributed by atoms with Gasteiger partial charge in [0.15, 0.2) is 22.5 Å². The molecule has 36 heavy (non-hydrogen) atoms. The van der Waals surface area contributed by atoms with Crippen LogP contribution in [-0.4, -0.2) is 34.2 Å². The van der Waals surface area contributed by atoms with Gasteiger partial charge in [0.05, 0.1) is 28.8 Å². The Bertz CT molecular complexity index is 1370. The third kappa shape index (κ3) is 4.99. The van der Waals surface area contributed by atoms with Crippen LogP contribution in [0, 0.1) is 6.92 Å². The van der Waals surface area contributed by atoms with Crippen LogP contribution in [0.2, 0.25) is 0 Å². The average molecular weight is 503 g/mol. The zero-order chi connectivity index (χ0) is 25.8. The quantitative estimate of drug-likeness (QED) is 0.301. The number of hydrogen-bond donors (Lipinski definition) is 1. The van der Waals surface area contributed by atoms with Crippen LogP contribution in [0.1, 0.15) is 52.8 Å². The molecule has 0 radical (unpaired) electrons. The summed E-state index contributed by atoms with van der Waals surface area (Å²) in [5.74, 6) is -1.48. The van der Waals surface area contributed by atoms with Crippen LogP contribution in [-0.2, 0) is 9.59 Å². The molecular formula is C28H26N2O5S. The van der Waals surface area contributed by atoms with Gasteiger partial charge in [-0.05, 0) is 42.7 Å². The summed E-state index contributed by atoms with van der Waals surface area (Å²) in [5.41, 5.74) is 1.81. The summed E-state index contributed by atoms with van der Waals surface area (Å²) >= 11 is 1.06. The number of rotatable bonds is 9. The Hall–Kier alpha value is -4.04. The number of ketones is 2. The number of aromatic nitrogens is 1. The molecule has 4 rings (SSSR count). The number of hydrogen-bond acceptors (Lipinski definition) is 7. The van der Waals surface area contributed by atoms with E-state index in [1.807, 2.05) is 37.3 Å². The molecular weight excluding hydrogens is 476 g/mol. The lowest BCUT2D eigenvalue weighted by Gasteiger charge is -2.24. The number of Topliss-reactive ketones (excluding diaryl/α,β-unsaturated/α-hetero) is 1. The SMILES string of the molecule is CCCOc1cccc(C2C(C(=O)/C=C/c3ccccc3)=C(O)C(=O)N2c2nc(C)c(C(C)=O)s2)c1. The maximum absolute atomic E-state index is 13.4. The van der Waals surface area contributed by atoms with E-state index >= 15 is 0 Å². The molecule has 1 atom stereocenters. The maximum Gasteiger partial charge on any atom is 0.296 e. The number of aliphatic hydroxyl groups is 1. The standard InChI is InChI=1S/C28H26N2O5S/c1-4-15-35-21-12-8-11-20(16-21)24-23(22(32)14-13-19-9-6-5-7-10-19)25(33)27(34)30(24)28-29-17(2)26(36-28)18(3)31/h5-14,16,24,33H,4,15H2,1-3H3/b14-13+. The Morgan fingerprint density at radius 1 is 1.17 bits per heavy atom. The first kappa shape index (κ1) is 25.1. The fraction of sp³-hybridized carbons (Fsp3) is 0.214. The molecule has 0 bridgehead atoms. The molecule has 7 nitrogen and oxygen atoms in total. The number of ether oxygens (including phenoxy) is 1. The molecule has 2 aromatic carbocycles. The number of anilines is 1. The topological polar surface area (TPSA) is 96.8 Å². The lowest BCUT2D eigenvalue weighted by molar-refractivity contribution is -0.117. The van der Waals surface area contributed by atoms with E-state index in [9.17, 15) is 19.5 Å². The van der Waals surface area contributed by atoms with Gasteiger partial charge in [-0.1, -0.05) is 66.8 Å². The largest absolute Gasteiger partial charge is 0.503 e. The van der Waals surface area contributed by atoms with Gasteiger partial charge >= 0.3 is 0 Å². The van der Waals surface area contributed by atoms with Crippen molar-refractivity contribution in [2.24, 2.45) is 0 Å². The van der Waals surface area contributed by atoms with Crippen molar-refractivity contribution in [2.45, 2.75) is 33.2 Å². The summed E-state index contributed by atoms with van der Waals surface area (Å²) in [6, 6.07) is 15.4. The fourth-order valence-electron chi connectivity index (χ4n) is 4.00. The predicted octanol–water partition coefficient (Wildman–Crippen LogP) is 5.63. The Morgan fingerprint density at radius 2 is 1.92 bits per heavy atom. The Kier molecular flexibility index (Phi) is 7.45. The van der Waals surface area contributed by atoms with E-state index in [2.05, 4.69) is 4.98 Å². The van der Waals surface area contributed by atoms with E-state index in [1.54, 1.807) is 37.3 Å². The second-order valence-electron chi connectivity index (χ2n) is 8.34. The van der Waals surface area contributed by atoms with Crippen molar-refractivity contribution in [1.82, 2.24) is 4.98 Å². The summed E-state index contributed by atoms with van der Waals surface area (Å²) < 4.78 is 5.77. The molecule has 184 valence electrons. The summed E-state index contributed by atoms with van der Waals surface area (Å²) in [6.07, 6.45) is 3.80. The van der Waals surface area contributed by atoms with Crippen LogP contribution in [0.15, 0.2) is 72.0 Å². The summed E-state index contributed by atoms with van der Waals surface area (Å²) in [7, 11) is 0. The molecule has 8 heteroatoms. The molecule has 1 aliphatic heterocycles. The van der Waals surface area contributed by atoms with Crippen LogP contribution in [0.25, 0.3) is 6.08 Å². The molecule has 0 fully saturated rings. The number of benzene rings is 2. The molecule has 0 aliphatic carbocycles. The third-order valence-electron chi connectivity index (χ3n) is 5.66. The number of nitrogens with zero attached hydrogens (tertiary/aromatic N) is 2. The van der Waals surface area contributed by atoms with Gasteiger partial charge in [0.2, 0.25) is 0 Å². The first-order chi connectivity index (χ1) is 17.3. The lowest BCUT2D eigenvalue weighted by Crippen LogP contribution is -2.30. The number of allylic oxidation sites excluding steroid dienone is 1. The van der Waals surface area contributed by atoms with Gasteiger partial charge < -0.3 is 9.84 Å². The van der Waals surface area contributed by atoms with Gasteiger partial charge in [0, 0.05) is 6.92 Å². The van der Waals surface area contributed by atoms with Crippen molar-refractivity contribution < 1.29 is 24.2 Å². The second-order valence-corrected chi connectivity index (χ2v) is 9.31. The van der Waals surface area contributed by atoms with E-state index in [4.69, 9.17) is 4.74 Å². The first-order valence-corrected chi connectivity index (χ1v) is 12.4. The Morgan fingerprint density at radius 3 is 2.58 bits per heavy atom. The van der Waals surface area contributed by atoms with Crippen LogP contribution >= 0.6 is 11.3 Å². The minimum absolute atomic E-state index is 0.0583. The van der Waals surface area contributed by atoms with Crippen molar-refractivity contribution in [2.75, 3.05) is 11.5 Å². The zero-order valence-corrected chi connectivity index (χ0v) is 21.0. The van der Waals surface area contributed by atoms with Crippen LogP contribution in [0.3, 0.4) is 0 Å². The molecule has 3 aromatic rings. The highest BCUT2D eigenvalue weighted by atomic mass is 32.1. The second kappa shape index (κ2) is 10.7. The van der Waals surface area contributed by atoms with Crippen molar-refractivity contribution in [3.8, 4) is 5.75 Å². The number of aryl methyl sites for hydroxylation is 1. The molecule has 0 spiro atoms. The van der Waals surface area contributed by atoms with E-state index < -0.39 is 23.5 Å². The molecule has 1 aromatic heterocycles. The number of thiazole rings is 1. The zero-order valence-electron chi connectivity index (χ0n) is 20.2. The van der Waals surface area contributed by atoms with Crippen molar-refractivity contribution in [3.63, 3.8) is 0 Å². The van der Waals surface area contributed by atoms with Crippen molar-refractivity contribution in [3.05, 3.63) is 93.7 Å². The summed E-state index contributed by atoms with van der Waals surface area (Å²) in [5, 5.41) is 11.1. The number of aliphatic hydroxyl groups excluding tert-OH is 1. The smallest absolute Gasteiger partial charge is 0.296 e. The van der Waals surface area contributed by atoms with E-state index in [0.29, 0.717) is 28.5 Å². The molecule has 1 N–H and O–H groups in total. The van der Waals surface area contributed by atoms with Gasteiger partial charge in [-0.25, -0.2) is 4.98 Å². The number of amides is 1. The highest BCUT2D eigenvalue weighted by Gasteiger charge is 2.45. The molecule has 1 unspecified atom stereocenters. The first-order valence-electron chi connectivity index (χ1n) is 11.6. The van der Waals surface area contributed by atoms with Crippen molar-refractivity contribution in [1.29, 1.82) is 0 Å². The monoisotopic (exact) mass is 502 g/mol. The minimum atomic E-state index is -0.944. The van der Waals surface area contributed by atoms with Crippen LogP contribution in [0.5, 0.6) is 5.75 Å². The number of carbonyl (C=O) groups is 3. The van der Waals surface area contributed by atoms with Gasteiger partial charge in [-0.3, -0.25) is 19.3 Å². The van der Waals surface area contributed by atoms with E-state index in [-0.39, 0.29) is 16.5 Å². The summed E-state index contributed by atoms with van der Waals surface area (Å²) in [6.45, 7) is 5.63. The molecule has 1 amide bonds.